The molecule has 0 unspecified atom stereocenters. The van der Waals surface area contributed by atoms with E-state index in [1.165, 1.54) is 6.21 Å². The molecule has 0 radical (unpaired) electrons. The minimum Gasteiger partial charge on any atom is -0.470 e. The molecule has 0 aliphatic carbocycles. The van der Waals surface area contributed by atoms with Crippen molar-refractivity contribution in [1.82, 2.24) is 0 Å². The number of benzene rings is 1. The standard InChI is InChI=1S/C11H11N3O3/c12-10(11-14-17-6-5-16-11)9-4-2-1-3-8(9)7-13-15/h1-4,7,12,15H,5-6H2. The molecule has 0 saturated heterocycles. The van der Waals surface area contributed by atoms with Gasteiger partial charge in [0, 0.05) is 11.1 Å². The normalized spacial score (nSPS) is 14.9. The van der Waals surface area contributed by atoms with E-state index in [9.17, 15) is 0 Å². The molecule has 0 saturated carbocycles. The SMILES string of the molecule is N=C(C1=NOCCO1)c1ccccc1C=NO. The van der Waals surface area contributed by atoms with Crippen LogP contribution in [0.25, 0.3) is 0 Å². The molecule has 2 rings (SSSR count). The van der Waals surface area contributed by atoms with Crippen LogP contribution in [0.4, 0.5) is 0 Å². The van der Waals surface area contributed by atoms with Crippen LogP contribution in [-0.2, 0) is 9.57 Å². The van der Waals surface area contributed by atoms with E-state index in [0.717, 1.165) is 0 Å². The Morgan fingerprint density at radius 2 is 2.24 bits per heavy atom. The first kappa shape index (κ1) is 11.1. The van der Waals surface area contributed by atoms with Gasteiger partial charge in [-0.15, -0.1) is 0 Å². The Bertz CT molecular complexity index is 483. The molecule has 0 atom stereocenters. The van der Waals surface area contributed by atoms with Gasteiger partial charge in [0.15, 0.2) is 6.61 Å². The van der Waals surface area contributed by atoms with Crippen LogP contribution < -0.4 is 0 Å². The first-order valence-corrected chi connectivity index (χ1v) is 5.01. The number of hydrogen-bond donors (Lipinski definition) is 2. The van der Waals surface area contributed by atoms with E-state index in [-0.39, 0.29) is 11.6 Å². The maximum atomic E-state index is 8.55. The van der Waals surface area contributed by atoms with Crippen molar-refractivity contribution in [3.05, 3.63) is 35.4 Å². The van der Waals surface area contributed by atoms with Crippen molar-refractivity contribution in [2.24, 2.45) is 10.3 Å². The third-order valence-corrected chi connectivity index (χ3v) is 2.20. The fourth-order valence-corrected chi connectivity index (χ4v) is 1.44. The van der Waals surface area contributed by atoms with Crippen LogP contribution >= 0.6 is 0 Å². The van der Waals surface area contributed by atoms with E-state index in [0.29, 0.717) is 24.3 Å². The van der Waals surface area contributed by atoms with Gasteiger partial charge in [-0.05, 0) is 5.16 Å². The zero-order valence-electron chi connectivity index (χ0n) is 8.96. The fourth-order valence-electron chi connectivity index (χ4n) is 1.44. The van der Waals surface area contributed by atoms with Crippen LogP contribution in [0.1, 0.15) is 11.1 Å². The summed E-state index contributed by atoms with van der Waals surface area (Å²) in [6.07, 6.45) is 1.26. The summed E-state index contributed by atoms with van der Waals surface area (Å²) in [5, 5.41) is 23.1. The summed E-state index contributed by atoms with van der Waals surface area (Å²) in [6.45, 7) is 0.758. The second kappa shape index (κ2) is 5.11. The summed E-state index contributed by atoms with van der Waals surface area (Å²) < 4.78 is 5.22. The minimum absolute atomic E-state index is 0.0974. The van der Waals surface area contributed by atoms with E-state index in [1.807, 2.05) is 0 Å². The van der Waals surface area contributed by atoms with Crippen molar-refractivity contribution in [2.45, 2.75) is 0 Å². The van der Waals surface area contributed by atoms with Gasteiger partial charge in [0.2, 0.25) is 0 Å². The lowest BCUT2D eigenvalue weighted by Crippen LogP contribution is -2.25. The Morgan fingerprint density at radius 3 is 2.94 bits per heavy atom. The molecule has 6 nitrogen and oxygen atoms in total. The predicted octanol–water partition coefficient (Wildman–Crippen LogP) is 1.22. The van der Waals surface area contributed by atoms with Crippen molar-refractivity contribution in [3.63, 3.8) is 0 Å². The summed E-state index contributed by atoms with van der Waals surface area (Å²) >= 11 is 0. The van der Waals surface area contributed by atoms with E-state index < -0.39 is 0 Å². The molecule has 1 aromatic rings. The van der Waals surface area contributed by atoms with Gasteiger partial charge >= 0.3 is 0 Å². The van der Waals surface area contributed by atoms with Crippen LogP contribution in [0.2, 0.25) is 0 Å². The molecule has 1 aromatic carbocycles. The number of oxime groups is 2. The molecule has 1 heterocycles. The number of nitrogens with one attached hydrogen (secondary N) is 1. The van der Waals surface area contributed by atoms with Crippen LogP contribution in [0, 0.1) is 5.41 Å². The van der Waals surface area contributed by atoms with Crippen LogP contribution in [0.5, 0.6) is 0 Å². The van der Waals surface area contributed by atoms with Gasteiger partial charge in [-0.1, -0.05) is 29.4 Å². The predicted molar refractivity (Wildman–Crippen MR) is 62.0 cm³/mol. The Hall–Kier alpha value is -2.37. The molecule has 0 amide bonds. The lowest BCUT2D eigenvalue weighted by molar-refractivity contribution is 0.0676. The topological polar surface area (TPSA) is 87.3 Å². The monoisotopic (exact) mass is 233 g/mol. The van der Waals surface area contributed by atoms with E-state index in [2.05, 4.69) is 10.3 Å². The molecule has 88 valence electrons. The first-order chi connectivity index (χ1) is 8.33. The van der Waals surface area contributed by atoms with Crippen molar-refractivity contribution in [2.75, 3.05) is 13.2 Å². The van der Waals surface area contributed by atoms with Crippen molar-refractivity contribution >= 4 is 17.8 Å². The van der Waals surface area contributed by atoms with E-state index in [1.54, 1.807) is 24.3 Å². The summed E-state index contributed by atoms with van der Waals surface area (Å²) in [5.74, 6) is 0.134. The lowest BCUT2D eigenvalue weighted by atomic mass is 10.0. The summed E-state index contributed by atoms with van der Waals surface area (Å²) in [4.78, 5) is 4.86. The van der Waals surface area contributed by atoms with Crippen LogP contribution in [0.15, 0.2) is 34.6 Å². The van der Waals surface area contributed by atoms with E-state index in [4.69, 9.17) is 20.2 Å². The minimum atomic E-state index is 0.0974. The summed E-state index contributed by atoms with van der Waals surface area (Å²) in [6, 6.07) is 7.02. The van der Waals surface area contributed by atoms with Crippen molar-refractivity contribution in [3.8, 4) is 0 Å². The van der Waals surface area contributed by atoms with Gasteiger partial charge in [0.05, 0.1) is 6.21 Å². The van der Waals surface area contributed by atoms with Crippen molar-refractivity contribution in [1.29, 1.82) is 5.41 Å². The van der Waals surface area contributed by atoms with Gasteiger partial charge in [-0.25, -0.2) is 0 Å². The highest BCUT2D eigenvalue weighted by atomic mass is 16.7. The molecule has 0 aromatic heterocycles. The number of hydrogen-bond acceptors (Lipinski definition) is 6. The molecule has 1 aliphatic heterocycles. The maximum Gasteiger partial charge on any atom is 0.276 e. The smallest absolute Gasteiger partial charge is 0.276 e. The van der Waals surface area contributed by atoms with Crippen LogP contribution in [0.3, 0.4) is 0 Å². The highest BCUT2D eigenvalue weighted by Crippen LogP contribution is 2.10. The van der Waals surface area contributed by atoms with Gasteiger partial charge in [-0.2, -0.15) is 0 Å². The average molecular weight is 233 g/mol. The number of nitrogens with zero attached hydrogens (tertiary/aromatic N) is 2. The molecule has 0 spiro atoms. The highest BCUT2D eigenvalue weighted by Gasteiger charge is 2.17. The zero-order valence-corrected chi connectivity index (χ0v) is 8.96. The molecule has 0 fully saturated rings. The zero-order chi connectivity index (χ0) is 12.1. The Morgan fingerprint density at radius 1 is 1.41 bits per heavy atom. The third-order valence-electron chi connectivity index (χ3n) is 2.20. The third kappa shape index (κ3) is 2.41. The van der Waals surface area contributed by atoms with Crippen LogP contribution in [-0.4, -0.2) is 36.2 Å². The summed E-state index contributed by atoms with van der Waals surface area (Å²) in [7, 11) is 0. The molecule has 17 heavy (non-hydrogen) atoms. The second-order valence-electron chi connectivity index (χ2n) is 3.28. The van der Waals surface area contributed by atoms with Gasteiger partial charge in [0.1, 0.15) is 12.3 Å². The number of ether oxygens (including phenoxy) is 1. The highest BCUT2D eigenvalue weighted by molar-refractivity contribution is 6.45. The molecule has 0 bridgehead atoms. The van der Waals surface area contributed by atoms with Gasteiger partial charge in [-0.3, -0.25) is 5.41 Å². The fraction of sp³-hybridized carbons (Fsp3) is 0.182. The Labute approximate surface area is 97.7 Å². The molecule has 1 aliphatic rings. The van der Waals surface area contributed by atoms with Gasteiger partial charge < -0.3 is 14.8 Å². The van der Waals surface area contributed by atoms with Crippen molar-refractivity contribution < 1.29 is 14.8 Å². The Kier molecular flexibility index (Phi) is 3.34. The quantitative estimate of drug-likeness (QED) is 0.467. The summed E-state index contributed by atoms with van der Waals surface area (Å²) in [5.41, 5.74) is 1.27. The first-order valence-electron chi connectivity index (χ1n) is 5.01. The molecular weight excluding hydrogens is 222 g/mol. The Balaban J connectivity index is 2.33. The number of rotatable bonds is 3. The average Bonchev–Trinajstić information content (AvgIpc) is 2.40. The molecular formula is C11H11N3O3. The largest absolute Gasteiger partial charge is 0.470 e. The van der Waals surface area contributed by atoms with E-state index >= 15 is 0 Å². The molecule has 6 heteroatoms. The molecule has 2 N–H and O–H groups in total. The van der Waals surface area contributed by atoms with Gasteiger partial charge in [0.25, 0.3) is 5.90 Å². The second-order valence-corrected chi connectivity index (χ2v) is 3.28. The maximum absolute atomic E-state index is 8.55. The lowest BCUT2D eigenvalue weighted by Gasteiger charge is -2.14.